The molecule has 1 N–H and O–H groups in total. The number of fused-ring (bicyclic) bond motifs is 1. The summed E-state index contributed by atoms with van der Waals surface area (Å²) in [6.45, 7) is 0.128. The molecule has 0 amide bonds. The summed E-state index contributed by atoms with van der Waals surface area (Å²) >= 11 is 1.48. The quantitative estimate of drug-likeness (QED) is 0.683. The molecule has 0 aliphatic rings. The molecule has 2 aromatic carbocycles. The number of nitrogens with one attached hydrogen (secondary N) is 1. The van der Waals surface area contributed by atoms with E-state index in [4.69, 9.17) is 0 Å². The predicted molar refractivity (Wildman–Crippen MR) is 91.6 cm³/mol. The van der Waals surface area contributed by atoms with Crippen LogP contribution < -0.4 is 9.46 Å². The van der Waals surface area contributed by atoms with Crippen molar-refractivity contribution in [3.63, 3.8) is 0 Å². The standard InChI is InChI=1S/C16H13F3N2O3S2/c17-16(18,19)24-11-5-7-12(8-6-11)26(22,23)20-10-9-15-21-13-3-1-2-4-14(13)25-15/h1-8,20H,9-10H2. The lowest BCUT2D eigenvalue weighted by Gasteiger charge is -2.10. The zero-order valence-electron chi connectivity index (χ0n) is 13.2. The highest BCUT2D eigenvalue weighted by Gasteiger charge is 2.31. The maximum absolute atomic E-state index is 12.2. The maximum atomic E-state index is 12.2. The number of hydrogen-bond donors (Lipinski definition) is 1. The third-order valence-electron chi connectivity index (χ3n) is 3.34. The van der Waals surface area contributed by atoms with Crippen LogP contribution in [0.2, 0.25) is 0 Å². The summed E-state index contributed by atoms with van der Waals surface area (Å²) in [7, 11) is -3.83. The molecule has 0 aliphatic carbocycles. The Morgan fingerprint density at radius 2 is 1.77 bits per heavy atom. The Kier molecular flexibility index (Phi) is 5.17. The maximum Gasteiger partial charge on any atom is 0.573 e. The van der Waals surface area contributed by atoms with Crippen molar-refractivity contribution in [2.45, 2.75) is 17.7 Å². The van der Waals surface area contributed by atoms with Crippen LogP contribution in [0.4, 0.5) is 13.2 Å². The molecule has 3 aromatic rings. The van der Waals surface area contributed by atoms with Crippen LogP contribution in [0, 0.1) is 0 Å². The molecule has 0 radical (unpaired) electrons. The van der Waals surface area contributed by atoms with Gasteiger partial charge in [0.2, 0.25) is 10.0 Å². The third-order valence-corrected chi connectivity index (χ3v) is 5.91. The Labute approximate surface area is 151 Å². The molecule has 26 heavy (non-hydrogen) atoms. The van der Waals surface area contributed by atoms with Gasteiger partial charge >= 0.3 is 6.36 Å². The fourth-order valence-electron chi connectivity index (χ4n) is 2.22. The number of halogens is 3. The van der Waals surface area contributed by atoms with E-state index < -0.39 is 22.1 Å². The number of sulfonamides is 1. The zero-order chi connectivity index (χ0) is 18.8. The first-order chi connectivity index (χ1) is 12.2. The normalized spacial score (nSPS) is 12.4. The van der Waals surface area contributed by atoms with Crippen molar-refractivity contribution in [2.24, 2.45) is 0 Å². The van der Waals surface area contributed by atoms with Gasteiger partial charge < -0.3 is 4.74 Å². The average molecular weight is 402 g/mol. The molecule has 0 bridgehead atoms. The van der Waals surface area contributed by atoms with E-state index in [2.05, 4.69) is 14.4 Å². The lowest BCUT2D eigenvalue weighted by Crippen LogP contribution is -2.26. The van der Waals surface area contributed by atoms with Gasteiger partial charge in [-0.3, -0.25) is 0 Å². The van der Waals surface area contributed by atoms with Gasteiger partial charge in [0.25, 0.3) is 0 Å². The van der Waals surface area contributed by atoms with Crippen LogP contribution >= 0.6 is 11.3 Å². The summed E-state index contributed by atoms with van der Waals surface area (Å²) in [6.07, 6.45) is -4.41. The van der Waals surface area contributed by atoms with Gasteiger partial charge in [-0.05, 0) is 36.4 Å². The Morgan fingerprint density at radius 1 is 1.08 bits per heavy atom. The second kappa shape index (κ2) is 7.22. The third kappa shape index (κ3) is 4.71. The number of thiazole rings is 1. The Bertz CT molecular complexity index is 967. The van der Waals surface area contributed by atoms with Crippen LogP contribution in [0.1, 0.15) is 5.01 Å². The van der Waals surface area contributed by atoms with Crippen molar-refractivity contribution in [1.82, 2.24) is 9.71 Å². The fourth-order valence-corrected chi connectivity index (χ4v) is 4.22. The highest BCUT2D eigenvalue weighted by Crippen LogP contribution is 2.24. The molecule has 0 saturated carbocycles. The van der Waals surface area contributed by atoms with E-state index in [0.717, 1.165) is 39.5 Å². The van der Waals surface area contributed by atoms with Crippen LogP contribution in [-0.2, 0) is 16.4 Å². The van der Waals surface area contributed by atoms with E-state index in [1.165, 1.54) is 11.3 Å². The summed E-state index contributed by atoms with van der Waals surface area (Å²) in [5.74, 6) is -0.481. The average Bonchev–Trinajstić information content (AvgIpc) is 2.96. The smallest absolute Gasteiger partial charge is 0.406 e. The molecular formula is C16H13F3N2O3S2. The molecule has 0 fully saturated rings. The van der Waals surface area contributed by atoms with Gasteiger partial charge in [-0.15, -0.1) is 24.5 Å². The van der Waals surface area contributed by atoms with Crippen molar-refractivity contribution < 1.29 is 26.3 Å². The van der Waals surface area contributed by atoms with Gasteiger partial charge in [0.15, 0.2) is 0 Å². The number of ether oxygens (including phenoxy) is 1. The second-order valence-electron chi connectivity index (χ2n) is 5.24. The molecule has 138 valence electrons. The van der Waals surface area contributed by atoms with E-state index in [1.807, 2.05) is 24.3 Å². The van der Waals surface area contributed by atoms with Gasteiger partial charge in [-0.2, -0.15) is 0 Å². The largest absolute Gasteiger partial charge is 0.573 e. The summed E-state index contributed by atoms with van der Waals surface area (Å²) in [6, 6.07) is 11.6. The number of para-hydroxylation sites is 1. The lowest BCUT2D eigenvalue weighted by molar-refractivity contribution is -0.274. The Morgan fingerprint density at radius 3 is 2.42 bits per heavy atom. The van der Waals surface area contributed by atoms with Crippen molar-refractivity contribution in [3.8, 4) is 5.75 Å². The number of hydrogen-bond acceptors (Lipinski definition) is 5. The van der Waals surface area contributed by atoms with E-state index in [0.29, 0.717) is 6.42 Å². The monoisotopic (exact) mass is 402 g/mol. The number of alkyl halides is 3. The second-order valence-corrected chi connectivity index (χ2v) is 8.12. The number of nitrogens with zero attached hydrogens (tertiary/aromatic N) is 1. The number of benzene rings is 2. The van der Waals surface area contributed by atoms with Crippen molar-refractivity contribution in [1.29, 1.82) is 0 Å². The van der Waals surface area contributed by atoms with Crippen LogP contribution in [0.15, 0.2) is 53.4 Å². The Balaban J connectivity index is 1.61. The first-order valence-electron chi connectivity index (χ1n) is 7.43. The van der Waals surface area contributed by atoms with Gasteiger partial charge in [-0.25, -0.2) is 18.1 Å². The predicted octanol–water partition coefficient (Wildman–Crippen LogP) is 3.72. The molecule has 1 heterocycles. The fraction of sp³-hybridized carbons (Fsp3) is 0.188. The van der Waals surface area contributed by atoms with E-state index in [9.17, 15) is 21.6 Å². The van der Waals surface area contributed by atoms with Crippen LogP contribution in [-0.4, -0.2) is 26.3 Å². The lowest BCUT2D eigenvalue weighted by atomic mass is 10.3. The minimum absolute atomic E-state index is 0.128. The van der Waals surface area contributed by atoms with Gasteiger partial charge in [-0.1, -0.05) is 12.1 Å². The molecule has 10 heteroatoms. The molecule has 0 saturated heterocycles. The SMILES string of the molecule is O=S(=O)(NCCc1nc2ccccc2s1)c1ccc(OC(F)(F)F)cc1. The minimum atomic E-state index is -4.82. The highest BCUT2D eigenvalue weighted by atomic mass is 32.2. The highest BCUT2D eigenvalue weighted by molar-refractivity contribution is 7.89. The van der Waals surface area contributed by atoms with Crippen molar-refractivity contribution >= 4 is 31.6 Å². The van der Waals surface area contributed by atoms with E-state index in [1.54, 1.807) is 0 Å². The van der Waals surface area contributed by atoms with E-state index in [-0.39, 0.29) is 11.4 Å². The summed E-state index contributed by atoms with van der Waals surface area (Å²) in [5.41, 5.74) is 0.857. The summed E-state index contributed by atoms with van der Waals surface area (Å²) in [4.78, 5) is 4.27. The van der Waals surface area contributed by atoms with Crippen LogP contribution in [0.5, 0.6) is 5.75 Å². The summed E-state index contributed by atoms with van der Waals surface area (Å²) in [5, 5.41) is 0.794. The van der Waals surface area contributed by atoms with Gasteiger partial charge in [0, 0.05) is 13.0 Å². The van der Waals surface area contributed by atoms with Gasteiger partial charge in [0.05, 0.1) is 20.1 Å². The minimum Gasteiger partial charge on any atom is -0.406 e. The molecule has 0 aliphatic heterocycles. The zero-order valence-corrected chi connectivity index (χ0v) is 14.8. The van der Waals surface area contributed by atoms with Crippen molar-refractivity contribution in [3.05, 3.63) is 53.5 Å². The Hall–Kier alpha value is -2.17. The summed E-state index contributed by atoms with van der Waals surface area (Å²) < 4.78 is 67.9. The number of aromatic nitrogens is 1. The van der Waals surface area contributed by atoms with Crippen LogP contribution in [0.25, 0.3) is 10.2 Å². The topological polar surface area (TPSA) is 68.3 Å². The molecule has 5 nitrogen and oxygen atoms in total. The molecule has 3 rings (SSSR count). The molecule has 0 spiro atoms. The molecular weight excluding hydrogens is 389 g/mol. The molecule has 1 aromatic heterocycles. The number of rotatable bonds is 6. The van der Waals surface area contributed by atoms with Gasteiger partial charge in [0.1, 0.15) is 5.75 Å². The van der Waals surface area contributed by atoms with E-state index >= 15 is 0 Å². The van der Waals surface area contributed by atoms with Crippen molar-refractivity contribution in [2.75, 3.05) is 6.54 Å². The first kappa shape index (κ1) is 18.6. The molecule has 0 atom stereocenters. The van der Waals surface area contributed by atoms with Crippen LogP contribution in [0.3, 0.4) is 0 Å². The first-order valence-corrected chi connectivity index (χ1v) is 9.73. The molecule has 0 unspecified atom stereocenters.